The molecule has 0 bridgehead atoms. The van der Waals surface area contributed by atoms with E-state index in [1.54, 1.807) is 0 Å². The van der Waals surface area contributed by atoms with Crippen molar-refractivity contribution < 1.29 is 9.31 Å². The normalized spacial score (nSPS) is 22.9. The van der Waals surface area contributed by atoms with Crippen molar-refractivity contribution in [1.82, 2.24) is 0 Å². The maximum absolute atomic E-state index is 6.18. The van der Waals surface area contributed by atoms with E-state index in [-0.39, 0.29) is 18.3 Å². The summed E-state index contributed by atoms with van der Waals surface area (Å²) in [7, 11) is -0.290. The molecule has 4 heteroatoms. The van der Waals surface area contributed by atoms with E-state index in [0.717, 1.165) is 12.0 Å². The highest BCUT2D eigenvalue weighted by Crippen LogP contribution is 2.37. The largest absolute Gasteiger partial charge is 0.495 e. The third-order valence-corrected chi connectivity index (χ3v) is 4.58. The molecule has 19 heavy (non-hydrogen) atoms. The average Bonchev–Trinajstić information content (AvgIpc) is 2.81. The number of aryl methyl sites for hydroxylation is 1. The lowest BCUT2D eigenvalue weighted by atomic mass is 9.72. The maximum Gasteiger partial charge on any atom is 0.495 e. The summed E-state index contributed by atoms with van der Waals surface area (Å²) in [5, 5.41) is 0. The zero-order valence-electron chi connectivity index (χ0n) is 12.3. The summed E-state index contributed by atoms with van der Waals surface area (Å²) >= 11 is 0. The molecule has 2 aliphatic heterocycles. The zero-order valence-corrected chi connectivity index (χ0v) is 12.3. The lowest BCUT2D eigenvalue weighted by Crippen LogP contribution is -2.41. The molecule has 1 fully saturated rings. The molecule has 0 N–H and O–H groups in total. The molecule has 1 saturated heterocycles. The van der Waals surface area contributed by atoms with Crippen LogP contribution in [0, 0.1) is 6.92 Å². The van der Waals surface area contributed by atoms with Crippen LogP contribution in [0.3, 0.4) is 0 Å². The van der Waals surface area contributed by atoms with Crippen molar-refractivity contribution in [3.05, 3.63) is 28.8 Å². The summed E-state index contributed by atoms with van der Waals surface area (Å²) in [5.74, 6) is 0. The van der Waals surface area contributed by atoms with Gasteiger partial charge >= 0.3 is 7.12 Å². The van der Waals surface area contributed by atoms with Gasteiger partial charge in [-0.1, -0.05) is 17.7 Å². The molecule has 3 nitrogen and oxygen atoms in total. The van der Waals surface area contributed by atoms with Gasteiger partial charge in [0, 0.05) is 6.21 Å². The second-order valence-corrected chi connectivity index (χ2v) is 6.42. The quantitative estimate of drug-likeness (QED) is 0.722. The third kappa shape index (κ3) is 1.85. The number of benzene rings is 1. The fourth-order valence-corrected chi connectivity index (χ4v) is 2.62. The summed E-state index contributed by atoms with van der Waals surface area (Å²) in [6, 6.07) is 4.24. The molecular weight excluding hydrogens is 237 g/mol. The van der Waals surface area contributed by atoms with Gasteiger partial charge in [-0.15, -0.1) is 0 Å². The molecule has 3 rings (SSSR count). The first-order valence-electron chi connectivity index (χ1n) is 6.80. The van der Waals surface area contributed by atoms with E-state index >= 15 is 0 Å². The molecule has 0 aromatic heterocycles. The maximum atomic E-state index is 6.18. The van der Waals surface area contributed by atoms with Gasteiger partial charge in [-0.25, -0.2) is 0 Å². The second-order valence-electron chi connectivity index (χ2n) is 6.42. The summed E-state index contributed by atoms with van der Waals surface area (Å²) in [4.78, 5) is 4.36. The molecule has 1 aromatic rings. The minimum Gasteiger partial charge on any atom is -0.399 e. The van der Waals surface area contributed by atoms with Crippen molar-refractivity contribution in [2.45, 2.75) is 52.4 Å². The minimum atomic E-state index is -0.299. The van der Waals surface area contributed by atoms with E-state index in [1.807, 2.05) is 6.21 Å². The average molecular weight is 257 g/mol. The highest BCUT2D eigenvalue weighted by atomic mass is 16.7. The Labute approximate surface area is 115 Å². The Morgan fingerprint density at radius 1 is 1.11 bits per heavy atom. The van der Waals surface area contributed by atoms with Crippen LogP contribution in [0.1, 0.15) is 44.4 Å². The lowest BCUT2D eigenvalue weighted by Gasteiger charge is -2.32. The molecule has 0 spiro atoms. The zero-order chi connectivity index (χ0) is 13.8. The summed E-state index contributed by atoms with van der Waals surface area (Å²) < 4.78 is 12.4. The molecule has 0 saturated carbocycles. The second kappa shape index (κ2) is 3.93. The van der Waals surface area contributed by atoms with Crippen LogP contribution in [0.5, 0.6) is 0 Å². The predicted octanol–water partition coefficient (Wildman–Crippen LogP) is 2.23. The van der Waals surface area contributed by atoms with Crippen molar-refractivity contribution in [1.29, 1.82) is 0 Å². The van der Waals surface area contributed by atoms with Crippen LogP contribution in [0.25, 0.3) is 0 Å². The molecule has 0 radical (unpaired) electrons. The molecule has 0 amide bonds. The monoisotopic (exact) mass is 257 g/mol. The van der Waals surface area contributed by atoms with Gasteiger partial charge in [-0.05, 0) is 51.2 Å². The Kier molecular flexibility index (Phi) is 2.67. The smallest absolute Gasteiger partial charge is 0.399 e. The van der Waals surface area contributed by atoms with Crippen molar-refractivity contribution in [2.75, 3.05) is 0 Å². The van der Waals surface area contributed by atoms with Crippen LogP contribution < -0.4 is 5.46 Å². The van der Waals surface area contributed by atoms with Crippen LogP contribution in [-0.2, 0) is 15.9 Å². The van der Waals surface area contributed by atoms with Crippen LogP contribution in [0.4, 0.5) is 0 Å². The third-order valence-electron chi connectivity index (χ3n) is 4.58. The fraction of sp³-hybridized carbons (Fsp3) is 0.533. The van der Waals surface area contributed by atoms with E-state index in [1.165, 1.54) is 16.7 Å². The number of rotatable bonds is 1. The topological polar surface area (TPSA) is 30.8 Å². The molecule has 2 heterocycles. The summed E-state index contributed by atoms with van der Waals surface area (Å²) in [6.45, 7) is 11.2. The molecule has 2 aliphatic rings. The predicted molar refractivity (Wildman–Crippen MR) is 78.2 cm³/mol. The number of hydrogen-bond donors (Lipinski definition) is 0. The van der Waals surface area contributed by atoms with Crippen molar-refractivity contribution in [3.8, 4) is 0 Å². The highest BCUT2D eigenvalue weighted by molar-refractivity contribution is 6.63. The van der Waals surface area contributed by atoms with Gasteiger partial charge < -0.3 is 9.31 Å². The summed E-state index contributed by atoms with van der Waals surface area (Å²) in [6.07, 6.45) is 1.93. The lowest BCUT2D eigenvalue weighted by molar-refractivity contribution is 0.00578. The standard InChI is InChI=1S/C15H20BNO2/c1-10-6-7-11-8-17-9-12(11)13(10)16-18-14(2,3)15(4,5)19-16/h6-8H,9H2,1-5H3. The van der Waals surface area contributed by atoms with Gasteiger partial charge in [0.2, 0.25) is 0 Å². The molecule has 0 unspecified atom stereocenters. The van der Waals surface area contributed by atoms with E-state index in [2.05, 4.69) is 51.7 Å². The molecule has 0 aliphatic carbocycles. The van der Waals surface area contributed by atoms with Crippen LogP contribution in [0.15, 0.2) is 17.1 Å². The first-order valence-corrected chi connectivity index (χ1v) is 6.80. The Balaban J connectivity index is 2.04. The van der Waals surface area contributed by atoms with Crippen molar-refractivity contribution >= 4 is 18.8 Å². The first-order chi connectivity index (χ1) is 8.82. The van der Waals surface area contributed by atoms with Crippen molar-refractivity contribution in [2.24, 2.45) is 4.99 Å². The Bertz CT molecular complexity index is 548. The van der Waals surface area contributed by atoms with E-state index in [4.69, 9.17) is 9.31 Å². The van der Waals surface area contributed by atoms with Gasteiger partial charge in [0.15, 0.2) is 0 Å². The fourth-order valence-electron chi connectivity index (χ4n) is 2.62. The van der Waals surface area contributed by atoms with Crippen LogP contribution >= 0.6 is 0 Å². The van der Waals surface area contributed by atoms with Gasteiger partial charge in [0.1, 0.15) is 0 Å². The van der Waals surface area contributed by atoms with Gasteiger partial charge in [-0.2, -0.15) is 0 Å². The number of hydrogen-bond acceptors (Lipinski definition) is 3. The molecular formula is C15H20BNO2. The Hall–Kier alpha value is -1.13. The van der Waals surface area contributed by atoms with Gasteiger partial charge in [-0.3, -0.25) is 4.99 Å². The number of nitrogens with zero attached hydrogens (tertiary/aromatic N) is 1. The van der Waals surface area contributed by atoms with Crippen LogP contribution in [0.2, 0.25) is 0 Å². The molecule has 100 valence electrons. The van der Waals surface area contributed by atoms with Gasteiger partial charge in [0.25, 0.3) is 0 Å². The molecule has 0 atom stereocenters. The van der Waals surface area contributed by atoms with E-state index in [0.29, 0.717) is 0 Å². The van der Waals surface area contributed by atoms with Gasteiger partial charge in [0.05, 0.1) is 17.7 Å². The Morgan fingerprint density at radius 3 is 2.37 bits per heavy atom. The Morgan fingerprint density at radius 2 is 1.74 bits per heavy atom. The molecule has 1 aromatic carbocycles. The number of fused-ring (bicyclic) bond motifs is 1. The van der Waals surface area contributed by atoms with E-state index in [9.17, 15) is 0 Å². The van der Waals surface area contributed by atoms with Crippen LogP contribution in [-0.4, -0.2) is 24.5 Å². The highest BCUT2D eigenvalue weighted by Gasteiger charge is 2.52. The number of aliphatic imine (C=N–C) groups is 1. The van der Waals surface area contributed by atoms with E-state index < -0.39 is 0 Å². The summed E-state index contributed by atoms with van der Waals surface area (Å²) in [5.41, 5.74) is 4.21. The van der Waals surface area contributed by atoms with Crippen molar-refractivity contribution in [3.63, 3.8) is 0 Å². The SMILES string of the molecule is Cc1ccc2c(c1B1OC(C)(C)C(C)(C)O1)CN=C2. The first kappa shape index (κ1) is 12.9. The minimum absolute atomic E-state index is 0.290.